The van der Waals surface area contributed by atoms with Gasteiger partial charge in [-0.2, -0.15) is 0 Å². The minimum absolute atomic E-state index is 0.0321. The summed E-state index contributed by atoms with van der Waals surface area (Å²) < 4.78 is 5.51. The predicted molar refractivity (Wildman–Crippen MR) is 91.8 cm³/mol. The lowest BCUT2D eigenvalue weighted by molar-refractivity contribution is -0.155. The number of hydrogen-bond donors (Lipinski definition) is 0. The summed E-state index contributed by atoms with van der Waals surface area (Å²) in [6, 6.07) is 0. The largest absolute Gasteiger partial charge is 0.500 e. The Hall–Kier alpha value is -1.64. The topological polar surface area (TPSA) is 43.4 Å². The Balaban J connectivity index is 2.61. The molecule has 126 valence electrons. The van der Waals surface area contributed by atoms with Gasteiger partial charge >= 0.3 is 0 Å². The molecule has 1 saturated carbocycles. The molecule has 3 heteroatoms. The fourth-order valence-corrected chi connectivity index (χ4v) is 4.21. The molecule has 0 aliphatic heterocycles. The summed E-state index contributed by atoms with van der Waals surface area (Å²) in [4.78, 5) is 25.9. The van der Waals surface area contributed by atoms with E-state index in [0.29, 0.717) is 18.6 Å². The number of fused-ring (bicyclic) bond motifs is 2. The van der Waals surface area contributed by atoms with Crippen LogP contribution >= 0.6 is 0 Å². The van der Waals surface area contributed by atoms with E-state index in [0.717, 1.165) is 6.42 Å². The highest BCUT2D eigenvalue weighted by molar-refractivity contribution is 6.14. The summed E-state index contributed by atoms with van der Waals surface area (Å²) in [5, 5.41) is 0. The second kappa shape index (κ2) is 6.10. The van der Waals surface area contributed by atoms with Crippen LogP contribution in [0.3, 0.4) is 0 Å². The van der Waals surface area contributed by atoms with Gasteiger partial charge in [-0.15, -0.1) is 6.58 Å². The van der Waals surface area contributed by atoms with Crippen molar-refractivity contribution in [2.75, 3.05) is 7.11 Å². The van der Waals surface area contributed by atoms with Crippen LogP contribution in [0.4, 0.5) is 0 Å². The Morgan fingerprint density at radius 2 is 2.04 bits per heavy atom. The highest BCUT2D eigenvalue weighted by Gasteiger charge is 2.61. The zero-order valence-electron chi connectivity index (χ0n) is 14.9. The van der Waals surface area contributed by atoms with Gasteiger partial charge in [0.15, 0.2) is 11.6 Å². The van der Waals surface area contributed by atoms with Crippen LogP contribution in [-0.2, 0) is 14.3 Å². The summed E-state index contributed by atoms with van der Waals surface area (Å²) in [6.07, 6.45) is 7.65. The van der Waals surface area contributed by atoms with Crippen LogP contribution < -0.4 is 0 Å². The van der Waals surface area contributed by atoms with Crippen molar-refractivity contribution in [3.05, 3.63) is 36.1 Å². The van der Waals surface area contributed by atoms with Crippen molar-refractivity contribution >= 4 is 11.6 Å². The summed E-state index contributed by atoms with van der Waals surface area (Å²) in [5.74, 6) is 0.107. The molecular formula is C20H28O3. The number of ether oxygens (including phenoxy) is 1. The average molecular weight is 316 g/mol. The molecule has 0 unspecified atom stereocenters. The van der Waals surface area contributed by atoms with E-state index in [1.807, 2.05) is 33.8 Å². The highest BCUT2D eigenvalue weighted by Crippen LogP contribution is 2.58. The van der Waals surface area contributed by atoms with Gasteiger partial charge in [0.2, 0.25) is 0 Å². The van der Waals surface area contributed by atoms with Crippen LogP contribution in [0.5, 0.6) is 0 Å². The van der Waals surface area contributed by atoms with Crippen molar-refractivity contribution in [2.24, 2.45) is 22.7 Å². The minimum Gasteiger partial charge on any atom is -0.500 e. The van der Waals surface area contributed by atoms with Gasteiger partial charge in [0.05, 0.1) is 18.4 Å². The second-order valence-corrected chi connectivity index (χ2v) is 7.73. The predicted octanol–water partition coefficient (Wildman–Crippen LogP) is 4.25. The fraction of sp³-hybridized carbons (Fsp3) is 0.600. The first-order valence-corrected chi connectivity index (χ1v) is 8.29. The third-order valence-corrected chi connectivity index (χ3v) is 5.68. The summed E-state index contributed by atoms with van der Waals surface area (Å²) in [5.41, 5.74) is 0.113. The standard InChI is InChI=1S/C20H28O3/c1-7-8-14-12-20(10-9-13(2)3)16(23-6)11-15(21)17(18(20)22)19(14,4)5/h7,9,11,14,17H,1,8,10,12H2,2-6H3/t14-,17-,20+/m0/s1. The summed E-state index contributed by atoms with van der Waals surface area (Å²) in [6.45, 7) is 12.0. The molecular weight excluding hydrogens is 288 g/mol. The van der Waals surface area contributed by atoms with Crippen molar-refractivity contribution in [2.45, 2.75) is 47.0 Å². The van der Waals surface area contributed by atoms with Crippen LogP contribution in [0.25, 0.3) is 0 Å². The van der Waals surface area contributed by atoms with Gasteiger partial charge in [0.1, 0.15) is 5.76 Å². The average Bonchev–Trinajstić information content (AvgIpc) is 2.46. The number of methoxy groups -OCH3 is 1. The number of ketones is 2. The van der Waals surface area contributed by atoms with E-state index in [9.17, 15) is 9.59 Å². The Morgan fingerprint density at radius 1 is 1.39 bits per heavy atom. The van der Waals surface area contributed by atoms with Gasteiger partial charge in [-0.3, -0.25) is 9.59 Å². The Bertz CT molecular complexity index is 590. The molecule has 0 aromatic rings. The van der Waals surface area contributed by atoms with Gasteiger partial charge in [0.25, 0.3) is 0 Å². The van der Waals surface area contributed by atoms with Gasteiger partial charge in [-0.05, 0) is 44.4 Å². The molecule has 3 atom stereocenters. The molecule has 0 aromatic heterocycles. The maximum absolute atomic E-state index is 13.3. The quantitative estimate of drug-likeness (QED) is 0.562. The van der Waals surface area contributed by atoms with Crippen LogP contribution in [0, 0.1) is 22.7 Å². The zero-order valence-corrected chi connectivity index (χ0v) is 14.9. The number of rotatable bonds is 5. The van der Waals surface area contributed by atoms with Crippen molar-refractivity contribution < 1.29 is 14.3 Å². The smallest absolute Gasteiger partial charge is 0.170 e. The molecule has 0 aromatic carbocycles. The lowest BCUT2D eigenvalue weighted by Gasteiger charge is -2.53. The van der Waals surface area contributed by atoms with Crippen molar-refractivity contribution in [3.63, 3.8) is 0 Å². The third kappa shape index (κ3) is 2.71. The van der Waals surface area contributed by atoms with E-state index in [2.05, 4.69) is 12.7 Å². The van der Waals surface area contributed by atoms with Crippen LogP contribution in [0.15, 0.2) is 36.1 Å². The maximum atomic E-state index is 13.3. The molecule has 2 aliphatic carbocycles. The van der Waals surface area contributed by atoms with Crippen LogP contribution in [0.2, 0.25) is 0 Å². The first kappa shape index (κ1) is 17.7. The van der Waals surface area contributed by atoms with Crippen LogP contribution in [0.1, 0.15) is 47.0 Å². The van der Waals surface area contributed by atoms with Crippen molar-refractivity contribution in [1.82, 2.24) is 0 Å². The summed E-state index contributed by atoms with van der Waals surface area (Å²) >= 11 is 0. The molecule has 23 heavy (non-hydrogen) atoms. The van der Waals surface area contributed by atoms with E-state index < -0.39 is 11.3 Å². The number of hydrogen-bond acceptors (Lipinski definition) is 3. The van der Waals surface area contributed by atoms with E-state index >= 15 is 0 Å². The van der Waals surface area contributed by atoms with E-state index in [4.69, 9.17) is 4.74 Å². The first-order chi connectivity index (χ1) is 10.7. The molecule has 0 spiro atoms. The molecule has 3 nitrogen and oxygen atoms in total. The second-order valence-electron chi connectivity index (χ2n) is 7.73. The monoisotopic (exact) mass is 316 g/mol. The number of allylic oxidation sites excluding steroid dienone is 5. The zero-order chi connectivity index (χ0) is 17.4. The van der Waals surface area contributed by atoms with Gasteiger partial charge in [0, 0.05) is 6.08 Å². The van der Waals surface area contributed by atoms with E-state index in [-0.39, 0.29) is 22.9 Å². The van der Waals surface area contributed by atoms with Crippen LogP contribution in [-0.4, -0.2) is 18.7 Å². The van der Waals surface area contributed by atoms with Gasteiger partial charge in [-0.25, -0.2) is 0 Å². The summed E-state index contributed by atoms with van der Waals surface area (Å²) in [7, 11) is 1.55. The van der Waals surface area contributed by atoms with Crippen molar-refractivity contribution in [3.8, 4) is 0 Å². The molecule has 0 saturated heterocycles. The Kier molecular flexibility index (Phi) is 4.70. The fourth-order valence-electron chi connectivity index (χ4n) is 4.21. The highest BCUT2D eigenvalue weighted by atomic mass is 16.5. The van der Waals surface area contributed by atoms with E-state index in [1.54, 1.807) is 13.2 Å². The minimum atomic E-state index is -0.701. The van der Waals surface area contributed by atoms with Gasteiger partial charge < -0.3 is 4.74 Å². The lowest BCUT2D eigenvalue weighted by Crippen LogP contribution is -2.58. The molecule has 2 aliphatic rings. The number of carbonyl (C=O) groups is 2. The van der Waals surface area contributed by atoms with Gasteiger partial charge in [-0.1, -0.05) is 31.6 Å². The Morgan fingerprint density at radius 3 is 2.57 bits per heavy atom. The first-order valence-electron chi connectivity index (χ1n) is 8.29. The normalized spacial score (nSPS) is 32.1. The molecule has 0 N–H and O–H groups in total. The molecule has 1 fully saturated rings. The van der Waals surface area contributed by atoms with Crippen molar-refractivity contribution in [1.29, 1.82) is 0 Å². The number of carbonyl (C=O) groups excluding carboxylic acids is 2. The maximum Gasteiger partial charge on any atom is 0.170 e. The Labute approximate surface area is 139 Å². The molecule has 0 amide bonds. The molecule has 0 heterocycles. The lowest BCUT2D eigenvalue weighted by atomic mass is 9.48. The molecule has 2 bridgehead atoms. The number of Topliss-reactive ketones (excluding diaryl/α,β-unsaturated/α-hetero) is 1. The molecule has 2 rings (SSSR count). The molecule has 0 radical (unpaired) electrons. The van der Waals surface area contributed by atoms with E-state index in [1.165, 1.54) is 5.57 Å². The third-order valence-electron chi connectivity index (χ3n) is 5.68. The SMILES string of the molecule is C=CC[C@H]1C[C@@]2(CC=C(C)C)C(=O)[C@H](C(=O)C=C2OC)C1(C)C.